The lowest BCUT2D eigenvalue weighted by Crippen LogP contribution is -2.41. The smallest absolute Gasteiger partial charge is 0.269 e. The number of non-ortho nitro benzene ring substituents is 1. The van der Waals surface area contributed by atoms with Gasteiger partial charge in [0.15, 0.2) is 0 Å². The van der Waals surface area contributed by atoms with Gasteiger partial charge < -0.3 is 10.6 Å². The Balaban J connectivity index is 2.71. The molecule has 0 spiro atoms. The zero-order valence-corrected chi connectivity index (χ0v) is 11.2. The Hall–Kier alpha value is -1.95. The third-order valence-corrected chi connectivity index (χ3v) is 2.83. The van der Waals surface area contributed by atoms with Gasteiger partial charge in [-0.25, -0.2) is 0 Å². The van der Waals surface area contributed by atoms with Crippen molar-refractivity contribution in [2.75, 3.05) is 7.05 Å². The summed E-state index contributed by atoms with van der Waals surface area (Å²) in [5.41, 5.74) is 6.50. The summed E-state index contributed by atoms with van der Waals surface area (Å²) in [6, 6.07) is 5.75. The minimum absolute atomic E-state index is 0.0243. The molecular formula is C13H19N3O3. The number of carbonyl (C=O) groups excluding carboxylic acids is 1. The lowest BCUT2D eigenvalue weighted by Gasteiger charge is -2.21. The molecule has 1 aromatic rings. The van der Waals surface area contributed by atoms with Crippen molar-refractivity contribution in [2.45, 2.75) is 32.4 Å². The van der Waals surface area contributed by atoms with Gasteiger partial charge in [0, 0.05) is 25.7 Å². The number of benzene rings is 1. The zero-order chi connectivity index (χ0) is 14.4. The number of rotatable bonds is 6. The van der Waals surface area contributed by atoms with E-state index in [0.717, 1.165) is 6.42 Å². The fourth-order valence-corrected chi connectivity index (χ4v) is 1.84. The highest BCUT2D eigenvalue weighted by Gasteiger charge is 2.17. The third kappa shape index (κ3) is 4.33. The molecule has 6 nitrogen and oxygen atoms in total. The maximum Gasteiger partial charge on any atom is 0.269 e. The molecule has 1 unspecified atom stereocenters. The summed E-state index contributed by atoms with van der Waals surface area (Å²) < 4.78 is 0. The molecule has 104 valence electrons. The lowest BCUT2D eigenvalue weighted by molar-refractivity contribution is -0.384. The molecule has 0 fully saturated rings. The van der Waals surface area contributed by atoms with Gasteiger partial charge in [-0.15, -0.1) is 0 Å². The van der Waals surface area contributed by atoms with Crippen LogP contribution in [-0.2, 0) is 11.3 Å². The van der Waals surface area contributed by atoms with E-state index in [1.54, 1.807) is 19.2 Å². The molecule has 1 atom stereocenters. The number of nitro groups is 1. The molecule has 0 aliphatic carbocycles. The quantitative estimate of drug-likeness (QED) is 0.626. The van der Waals surface area contributed by atoms with Crippen LogP contribution in [0.15, 0.2) is 24.3 Å². The van der Waals surface area contributed by atoms with Crippen LogP contribution in [0.1, 0.15) is 25.3 Å². The minimum Gasteiger partial charge on any atom is -0.340 e. The van der Waals surface area contributed by atoms with Crippen LogP contribution in [0.25, 0.3) is 0 Å². The van der Waals surface area contributed by atoms with Crippen LogP contribution < -0.4 is 5.73 Å². The lowest BCUT2D eigenvalue weighted by atomic mass is 10.1. The van der Waals surface area contributed by atoms with Crippen molar-refractivity contribution < 1.29 is 9.72 Å². The molecule has 0 heterocycles. The summed E-state index contributed by atoms with van der Waals surface area (Å²) in [6.07, 6.45) is 1.48. The monoisotopic (exact) mass is 265 g/mol. The van der Waals surface area contributed by atoms with E-state index in [-0.39, 0.29) is 11.6 Å². The van der Waals surface area contributed by atoms with E-state index < -0.39 is 11.0 Å². The van der Waals surface area contributed by atoms with Crippen LogP contribution in [0.2, 0.25) is 0 Å². The summed E-state index contributed by atoms with van der Waals surface area (Å²) in [5.74, 6) is -0.145. The van der Waals surface area contributed by atoms with Gasteiger partial charge in [-0.2, -0.15) is 0 Å². The standard InChI is InChI=1S/C13H19N3O3/c1-3-5-12(14)13(17)15(2)9-10-6-4-7-11(8-10)16(18)19/h4,6-8,12H,3,5,9,14H2,1-2H3. The van der Waals surface area contributed by atoms with E-state index >= 15 is 0 Å². The summed E-state index contributed by atoms with van der Waals surface area (Å²) in [5, 5.41) is 10.7. The van der Waals surface area contributed by atoms with Gasteiger partial charge in [-0.05, 0) is 12.0 Å². The highest BCUT2D eigenvalue weighted by molar-refractivity contribution is 5.81. The predicted molar refractivity (Wildman–Crippen MR) is 72.5 cm³/mol. The van der Waals surface area contributed by atoms with E-state index in [0.29, 0.717) is 18.5 Å². The molecular weight excluding hydrogens is 246 g/mol. The summed E-state index contributed by atoms with van der Waals surface area (Å²) in [4.78, 5) is 23.6. The number of hydrogen-bond acceptors (Lipinski definition) is 4. The maximum atomic E-state index is 11.9. The number of nitrogens with two attached hydrogens (primary N) is 1. The molecule has 1 aromatic carbocycles. The van der Waals surface area contributed by atoms with Crippen molar-refractivity contribution in [3.05, 3.63) is 39.9 Å². The second-order valence-corrected chi connectivity index (χ2v) is 4.52. The first-order chi connectivity index (χ1) is 8.95. The van der Waals surface area contributed by atoms with Crippen LogP contribution in [0.5, 0.6) is 0 Å². The second kappa shape index (κ2) is 6.84. The van der Waals surface area contributed by atoms with Crippen molar-refractivity contribution in [3.63, 3.8) is 0 Å². The topological polar surface area (TPSA) is 89.5 Å². The Morgan fingerprint density at radius 2 is 2.21 bits per heavy atom. The fourth-order valence-electron chi connectivity index (χ4n) is 1.84. The predicted octanol–water partition coefficient (Wildman–Crippen LogP) is 1.68. The molecule has 1 amide bonds. The molecule has 0 bridgehead atoms. The molecule has 6 heteroatoms. The number of nitro benzene ring substituents is 1. The molecule has 0 aliphatic rings. The van der Waals surface area contributed by atoms with Crippen molar-refractivity contribution in [3.8, 4) is 0 Å². The Labute approximate surface area is 112 Å². The first-order valence-corrected chi connectivity index (χ1v) is 6.19. The highest BCUT2D eigenvalue weighted by atomic mass is 16.6. The maximum absolute atomic E-state index is 11.9. The SMILES string of the molecule is CCCC(N)C(=O)N(C)Cc1cccc([N+](=O)[O-])c1. The van der Waals surface area contributed by atoms with Crippen LogP contribution in [0.4, 0.5) is 5.69 Å². The normalized spacial score (nSPS) is 11.9. The van der Waals surface area contributed by atoms with Crippen LogP contribution in [0, 0.1) is 10.1 Å². The zero-order valence-electron chi connectivity index (χ0n) is 11.2. The van der Waals surface area contributed by atoms with Gasteiger partial charge in [-0.1, -0.05) is 25.5 Å². The van der Waals surface area contributed by atoms with Crippen molar-refractivity contribution in [1.82, 2.24) is 4.90 Å². The van der Waals surface area contributed by atoms with Crippen LogP contribution in [0.3, 0.4) is 0 Å². The van der Waals surface area contributed by atoms with Gasteiger partial charge >= 0.3 is 0 Å². The summed E-state index contributed by atoms with van der Waals surface area (Å²) in [6.45, 7) is 2.28. The van der Waals surface area contributed by atoms with E-state index in [1.807, 2.05) is 6.92 Å². The molecule has 0 saturated carbocycles. The second-order valence-electron chi connectivity index (χ2n) is 4.52. The average molecular weight is 265 g/mol. The van der Waals surface area contributed by atoms with Crippen molar-refractivity contribution in [2.24, 2.45) is 5.73 Å². The van der Waals surface area contributed by atoms with Gasteiger partial charge in [-0.3, -0.25) is 14.9 Å². The van der Waals surface area contributed by atoms with Gasteiger partial charge in [0.25, 0.3) is 5.69 Å². The molecule has 0 radical (unpaired) electrons. The van der Waals surface area contributed by atoms with E-state index in [1.165, 1.54) is 17.0 Å². The minimum atomic E-state index is -0.506. The highest BCUT2D eigenvalue weighted by Crippen LogP contribution is 2.14. The molecule has 0 aliphatic heterocycles. The number of likely N-dealkylation sites (N-methyl/N-ethyl adjacent to an activating group) is 1. The van der Waals surface area contributed by atoms with Crippen molar-refractivity contribution >= 4 is 11.6 Å². The summed E-state index contributed by atoms with van der Waals surface area (Å²) in [7, 11) is 1.65. The van der Waals surface area contributed by atoms with E-state index in [2.05, 4.69) is 0 Å². The Bertz CT molecular complexity index is 462. The van der Waals surface area contributed by atoms with Gasteiger partial charge in [0.1, 0.15) is 0 Å². The Kier molecular flexibility index (Phi) is 5.44. The fraction of sp³-hybridized carbons (Fsp3) is 0.462. The first-order valence-electron chi connectivity index (χ1n) is 6.19. The molecule has 0 aromatic heterocycles. The third-order valence-electron chi connectivity index (χ3n) is 2.83. The first kappa shape index (κ1) is 15.1. The van der Waals surface area contributed by atoms with E-state index in [9.17, 15) is 14.9 Å². The van der Waals surface area contributed by atoms with Crippen LogP contribution in [-0.4, -0.2) is 28.8 Å². The average Bonchev–Trinajstić information content (AvgIpc) is 2.38. The Morgan fingerprint density at radius 1 is 1.53 bits per heavy atom. The van der Waals surface area contributed by atoms with Crippen molar-refractivity contribution in [1.29, 1.82) is 0 Å². The number of amides is 1. The molecule has 1 rings (SSSR count). The number of hydrogen-bond donors (Lipinski definition) is 1. The summed E-state index contributed by atoms with van der Waals surface area (Å²) >= 11 is 0. The molecule has 19 heavy (non-hydrogen) atoms. The molecule has 0 saturated heterocycles. The van der Waals surface area contributed by atoms with E-state index in [4.69, 9.17) is 5.73 Å². The Morgan fingerprint density at radius 3 is 2.79 bits per heavy atom. The van der Waals surface area contributed by atoms with Gasteiger partial charge in [0.2, 0.25) is 5.91 Å². The van der Waals surface area contributed by atoms with Gasteiger partial charge in [0.05, 0.1) is 11.0 Å². The largest absolute Gasteiger partial charge is 0.340 e. The number of carbonyl (C=O) groups is 1. The van der Waals surface area contributed by atoms with Crippen LogP contribution >= 0.6 is 0 Å². The number of nitrogens with zero attached hydrogens (tertiary/aromatic N) is 2. The molecule has 2 N–H and O–H groups in total.